The molecule has 22 heavy (non-hydrogen) atoms. The number of hydrogen-bond donors (Lipinski definition) is 2. The molecule has 0 saturated heterocycles. The predicted octanol–water partition coefficient (Wildman–Crippen LogP) is 6.28. The molecule has 3 nitrogen and oxygen atoms in total. The fourth-order valence-electron chi connectivity index (χ4n) is 3.03. The predicted molar refractivity (Wildman–Crippen MR) is 96.4 cm³/mol. The molecule has 1 atom stereocenters. The summed E-state index contributed by atoms with van der Waals surface area (Å²) in [4.78, 5) is 18.2. The van der Waals surface area contributed by atoms with Gasteiger partial charge in [0.15, 0.2) is 0 Å². The van der Waals surface area contributed by atoms with Gasteiger partial charge in [0, 0.05) is 0 Å². The molecule has 0 spiro atoms. The van der Waals surface area contributed by atoms with Gasteiger partial charge in [0.1, 0.15) is 0 Å². The summed E-state index contributed by atoms with van der Waals surface area (Å²) >= 11 is 0. The Hall–Kier alpha value is 0.150. The quantitative estimate of drug-likeness (QED) is 0.258. The van der Waals surface area contributed by atoms with Crippen molar-refractivity contribution in [3.63, 3.8) is 0 Å². The van der Waals surface area contributed by atoms with E-state index in [1.165, 1.54) is 70.6 Å². The van der Waals surface area contributed by atoms with E-state index in [0.717, 1.165) is 12.8 Å². The standard InChI is InChI=1S/C18H39O3P/c1-3-5-7-9-11-13-15-18(16-17-22(19,20)21)14-12-10-8-6-4-2/h18H,3-17H2,1-2H3,(H2,19,20,21). The lowest BCUT2D eigenvalue weighted by Crippen LogP contribution is -2.04. The molecule has 0 amide bonds. The van der Waals surface area contributed by atoms with Crippen LogP contribution in [0.5, 0.6) is 0 Å². The van der Waals surface area contributed by atoms with Gasteiger partial charge < -0.3 is 9.79 Å². The molecule has 0 aromatic heterocycles. The molecule has 2 N–H and O–H groups in total. The van der Waals surface area contributed by atoms with Crippen LogP contribution in [0.4, 0.5) is 0 Å². The summed E-state index contributed by atoms with van der Waals surface area (Å²) in [6, 6.07) is 0. The summed E-state index contributed by atoms with van der Waals surface area (Å²) in [5.41, 5.74) is 0. The minimum absolute atomic E-state index is 0.0719. The largest absolute Gasteiger partial charge is 0.325 e. The Morgan fingerprint density at radius 2 is 1.09 bits per heavy atom. The Morgan fingerprint density at radius 1 is 0.682 bits per heavy atom. The lowest BCUT2D eigenvalue weighted by molar-refractivity contribution is 0.350. The zero-order valence-electron chi connectivity index (χ0n) is 14.9. The molecule has 4 heteroatoms. The van der Waals surface area contributed by atoms with Gasteiger partial charge in [-0.3, -0.25) is 4.57 Å². The van der Waals surface area contributed by atoms with E-state index in [9.17, 15) is 4.57 Å². The van der Waals surface area contributed by atoms with Gasteiger partial charge in [-0.2, -0.15) is 0 Å². The first-order chi connectivity index (χ1) is 10.5. The molecule has 0 aliphatic carbocycles. The molecule has 0 aliphatic heterocycles. The Balaban J connectivity index is 3.87. The topological polar surface area (TPSA) is 57.5 Å². The van der Waals surface area contributed by atoms with Crippen molar-refractivity contribution in [2.45, 2.75) is 104 Å². The van der Waals surface area contributed by atoms with Crippen LogP contribution in [0.15, 0.2) is 0 Å². The van der Waals surface area contributed by atoms with Crippen molar-refractivity contribution in [2.75, 3.05) is 6.16 Å². The van der Waals surface area contributed by atoms with Crippen LogP contribution in [-0.2, 0) is 4.57 Å². The second-order valence-corrected chi connectivity index (χ2v) is 8.58. The van der Waals surface area contributed by atoms with Crippen LogP contribution in [0.3, 0.4) is 0 Å². The first-order valence-electron chi connectivity index (χ1n) is 9.54. The van der Waals surface area contributed by atoms with E-state index in [0.29, 0.717) is 12.3 Å². The normalized spacial score (nSPS) is 13.5. The molecule has 0 saturated carbocycles. The summed E-state index contributed by atoms with van der Waals surface area (Å²) in [7, 11) is -3.82. The van der Waals surface area contributed by atoms with Gasteiger partial charge in [0.25, 0.3) is 0 Å². The van der Waals surface area contributed by atoms with Gasteiger partial charge in [0.2, 0.25) is 0 Å². The first kappa shape index (κ1) is 22.1. The smallest absolute Gasteiger partial charge is 0.324 e. The lowest BCUT2D eigenvalue weighted by atomic mass is 9.92. The molecule has 0 aromatic rings. The maximum absolute atomic E-state index is 11.1. The van der Waals surface area contributed by atoms with Crippen molar-refractivity contribution in [3.05, 3.63) is 0 Å². The van der Waals surface area contributed by atoms with E-state index in [1.54, 1.807) is 0 Å². The average Bonchev–Trinajstić information content (AvgIpc) is 2.46. The Kier molecular flexibility index (Phi) is 14.8. The fourth-order valence-corrected chi connectivity index (χ4v) is 3.74. The molecule has 0 aromatic carbocycles. The van der Waals surface area contributed by atoms with Crippen LogP contribution in [0.2, 0.25) is 0 Å². The molecular formula is C18H39O3P. The van der Waals surface area contributed by atoms with Gasteiger partial charge in [-0.1, -0.05) is 97.3 Å². The van der Waals surface area contributed by atoms with E-state index >= 15 is 0 Å². The highest BCUT2D eigenvalue weighted by molar-refractivity contribution is 7.51. The highest BCUT2D eigenvalue weighted by Gasteiger charge is 2.17. The highest BCUT2D eigenvalue weighted by atomic mass is 31.2. The van der Waals surface area contributed by atoms with Crippen molar-refractivity contribution in [1.29, 1.82) is 0 Å². The van der Waals surface area contributed by atoms with Crippen LogP contribution in [0, 0.1) is 5.92 Å². The monoisotopic (exact) mass is 334 g/mol. The molecular weight excluding hydrogens is 295 g/mol. The second-order valence-electron chi connectivity index (χ2n) is 6.80. The summed E-state index contributed by atoms with van der Waals surface area (Å²) in [6.45, 7) is 4.46. The number of rotatable bonds is 16. The SMILES string of the molecule is CCCCCCCCC(CCCCCCC)CCP(=O)(O)O. The van der Waals surface area contributed by atoms with E-state index in [1.807, 2.05) is 0 Å². The third-order valence-corrected chi connectivity index (χ3v) is 5.35. The lowest BCUT2D eigenvalue weighted by Gasteiger charge is -2.17. The molecule has 1 unspecified atom stereocenters. The van der Waals surface area contributed by atoms with Gasteiger partial charge in [-0.25, -0.2) is 0 Å². The van der Waals surface area contributed by atoms with E-state index in [2.05, 4.69) is 13.8 Å². The first-order valence-corrected chi connectivity index (χ1v) is 11.3. The third kappa shape index (κ3) is 16.5. The van der Waals surface area contributed by atoms with Crippen molar-refractivity contribution >= 4 is 7.60 Å². The summed E-state index contributed by atoms with van der Waals surface area (Å²) in [5, 5.41) is 0. The second kappa shape index (κ2) is 14.7. The van der Waals surface area contributed by atoms with Gasteiger partial charge >= 0.3 is 7.60 Å². The number of unbranched alkanes of at least 4 members (excludes halogenated alkanes) is 9. The van der Waals surface area contributed by atoms with Gasteiger partial charge in [-0.15, -0.1) is 0 Å². The van der Waals surface area contributed by atoms with Crippen molar-refractivity contribution < 1.29 is 14.4 Å². The molecule has 0 radical (unpaired) electrons. The van der Waals surface area contributed by atoms with E-state index in [-0.39, 0.29) is 6.16 Å². The van der Waals surface area contributed by atoms with Crippen LogP contribution < -0.4 is 0 Å². The highest BCUT2D eigenvalue weighted by Crippen LogP contribution is 2.37. The Labute approximate surface area is 138 Å². The van der Waals surface area contributed by atoms with E-state index < -0.39 is 7.60 Å². The maximum Gasteiger partial charge on any atom is 0.325 e. The minimum atomic E-state index is -3.82. The zero-order valence-corrected chi connectivity index (χ0v) is 15.8. The van der Waals surface area contributed by atoms with Gasteiger partial charge in [-0.05, 0) is 12.3 Å². The van der Waals surface area contributed by atoms with Crippen LogP contribution >= 0.6 is 7.60 Å². The summed E-state index contributed by atoms with van der Waals surface area (Å²) in [6.07, 6.45) is 17.2. The van der Waals surface area contributed by atoms with Crippen LogP contribution in [-0.4, -0.2) is 15.9 Å². The third-order valence-electron chi connectivity index (χ3n) is 4.51. The molecule has 0 fully saturated rings. The maximum atomic E-state index is 11.1. The minimum Gasteiger partial charge on any atom is -0.324 e. The van der Waals surface area contributed by atoms with Crippen LogP contribution in [0.25, 0.3) is 0 Å². The summed E-state index contributed by atoms with van der Waals surface area (Å²) < 4.78 is 11.1. The molecule has 0 bridgehead atoms. The fraction of sp³-hybridized carbons (Fsp3) is 1.00. The van der Waals surface area contributed by atoms with Crippen LogP contribution in [0.1, 0.15) is 104 Å². The Morgan fingerprint density at radius 3 is 1.50 bits per heavy atom. The van der Waals surface area contributed by atoms with E-state index in [4.69, 9.17) is 9.79 Å². The number of hydrogen-bond acceptors (Lipinski definition) is 1. The average molecular weight is 334 g/mol. The van der Waals surface area contributed by atoms with Gasteiger partial charge in [0.05, 0.1) is 6.16 Å². The molecule has 0 aliphatic rings. The summed E-state index contributed by atoms with van der Waals surface area (Å²) in [5.74, 6) is 0.514. The molecule has 134 valence electrons. The molecule has 0 rings (SSSR count). The zero-order chi connectivity index (χ0) is 16.7. The molecule has 0 heterocycles. The van der Waals surface area contributed by atoms with Crippen molar-refractivity contribution in [3.8, 4) is 0 Å². The van der Waals surface area contributed by atoms with Crippen molar-refractivity contribution in [1.82, 2.24) is 0 Å². The van der Waals surface area contributed by atoms with Crippen molar-refractivity contribution in [2.24, 2.45) is 5.92 Å². The Bertz CT molecular complexity index is 276.